The van der Waals surface area contributed by atoms with Crippen LogP contribution in [0.2, 0.25) is 0 Å². The van der Waals surface area contributed by atoms with E-state index in [1.165, 1.54) is 0 Å². The molecule has 0 aliphatic rings. The van der Waals surface area contributed by atoms with Crippen LogP contribution in [0, 0.1) is 0 Å². The number of hydrogen-bond acceptors (Lipinski definition) is 3. The van der Waals surface area contributed by atoms with E-state index in [1.54, 1.807) is 6.08 Å². The molecule has 0 saturated carbocycles. The van der Waals surface area contributed by atoms with E-state index in [0.717, 1.165) is 28.3 Å². The van der Waals surface area contributed by atoms with Crippen LogP contribution in [0.4, 0.5) is 5.69 Å². The van der Waals surface area contributed by atoms with Crippen molar-refractivity contribution in [1.82, 2.24) is 9.38 Å². The maximum atomic E-state index is 5.70. The number of nitrogens with zero attached hydrogens (tertiary/aromatic N) is 2. The maximum Gasteiger partial charge on any atom is 0.180 e. The molecule has 0 aliphatic carbocycles. The van der Waals surface area contributed by atoms with Crippen molar-refractivity contribution in [2.75, 3.05) is 12.3 Å². The quantitative estimate of drug-likeness (QED) is 0.582. The van der Waals surface area contributed by atoms with Crippen LogP contribution in [-0.2, 0) is 0 Å². The number of aromatic nitrogens is 2. The number of ether oxygens (including phenoxy) is 1. The summed E-state index contributed by atoms with van der Waals surface area (Å²) in [6.07, 6.45) is 5.64. The SMILES string of the molecule is C=CCOc1cccn2cc(-c3ccc(N)cc3)nc12. The van der Waals surface area contributed by atoms with Gasteiger partial charge in [-0.25, -0.2) is 4.98 Å². The van der Waals surface area contributed by atoms with E-state index in [4.69, 9.17) is 10.5 Å². The molecular weight excluding hydrogens is 250 g/mol. The number of benzene rings is 1. The van der Waals surface area contributed by atoms with E-state index in [0.29, 0.717) is 6.61 Å². The largest absolute Gasteiger partial charge is 0.486 e. The van der Waals surface area contributed by atoms with E-state index in [9.17, 15) is 0 Å². The van der Waals surface area contributed by atoms with Crippen molar-refractivity contribution < 1.29 is 4.74 Å². The van der Waals surface area contributed by atoms with Gasteiger partial charge >= 0.3 is 0 Å². The Labute approximate surface area is 117 Å². The van der Waals surface area contributed by atoms with E-state index >= 15 is 0 Å². The molecule has 1 aromatic carbocycles. The lowest BCUT2D eigenvalue weighted by Crippen LogP contribution is -1.95. The number of rotatable bonds is 4. The molecule has 2 N–H and O–H groups in total. The third kappa shape index (κ3) is 2.23. The Morgan fingerprint density at radius 2 is 2.05 bits per heavy atom. The van der Waals surface area contributed by atoms with Crippen LogP contribution in [-0.4, -0.2) is 16.0 Å². The number of pyridine rings is 1. The van der Waals surface area contributed by atoms with Crippen LogP contribution in [0.3, 0.4) is 0 Å². The second-order valence-corrected chi connectivity index (χ2v) is 4.45. The smallest absolute Gasteiger partial charge is 0.180 e. The molecule has 3 rings (SSSR count). The van der Waals surface area contributed by atoms with Crippen LogP contribution < -0.4 is 10.5 Å². The zero-order chi connectivity index (χ0) is 13.9. The molecule has 0 unspecified atom stereocenters. The summed E-state index contributed by atoms with van der Waals surface area (Å²) >= 11 is 0. The molecule has 0 amide bonds. The minimum absolute atomic E-state index is 0.462. The van der Waals surface area contributed by atoms with Gasteiger partial charge in [-0.1, -0.05) is 24.8 Å². The molecule has 0 aliphatic heterocycles. The summed E-state index contributed by atoms with van der Waals surface area (Å²) in [7, 11) is 0. The molecule has 0 radical (unpaired) electrons. The predicted molar refractivity (Wildman–Crippen MR) is 80.7 cm³/mol. The van der Waals surface area contributed by atoms with Gasteiger partial charge in [0, 0.05) is 23.6 Å². The van der Waals surface area contributed by atoms with Crippen molar-refractivity contribution >= 4 is 11.3 Å². The highest BCUT2D eigenvalue weighted by Crippen LogP contribution is 2.25. The fourth-order valence-corrected chi connectivity index (χ4v) is 2.04. The van der Waals surface area contributed by atoms with Crippen LogP contribution in [0.25, 0.3) is 16.9 Å². The van der Waals surface area contributed by atoms with Crippen LogP contribution >= 0.6 is 0 Å². The molecule has 4 nitrogen and oxygen atoms in total. The highest BCUT2D eigenvalue weighted by Gasteiger charge is 2.08. The predicted octanol–water partition coefficient (Wildman–Crippen LogP) is 3.15. The van der Waals surface area contributed by atoms with Gasteiger partial charge in [0.05, 0.1) is 5.69 Å². The van der Waals surface area contributed by atoms with E-state index < -0.39 is 0 Å². The summed E-state index contributed by atoms with van der Waals surface area (Å²) in [5.74, 6) is 0.745. The van der Waals surface area contributed by atoms with Gasteiger partial charge in [0.1, 0.15) is 6.61 Å². The van der Waals surface area contributed by atoms with Gasteiger partial charge in [0.2, 0.25) is 0 Å². The van der Waals surface area contributed by atoms with Gasteiger partial charge in [-0.05, 0) is 24.3 Å². The third-order valence-corrected chi connectivity index (χ3v) is 3.01. The monoisotopic (exact) mass is 265 g/mol. The molecule has 0 saturated heterocycles. The van der Waals surface area contributed by atoms with Crippen LogP contribution in [0.15, 0.2) is 61.4 Å². The van der Waals surface area contributed by atoms with Crippen molar-refractivity contribution in [3.63, 3.8) is 0 Å². The van der Waals surface area contributed by atoms with Gasteiger partial charge < -0.3 is 14.9 Å². The Hall–Kier alpha value is -2.75. The minimum atomic E-state index is 0.462. The average molecular weight is 265 g/mol. The van der Waals surface area contributed by atoms with Crippen molar-refractivity contribution in [2.45, 2.75) is 0 Å². The van der Waals surface area contributed by atoms with Gasteiger partial charge in [-0.3, -0.25) is 0 Å². The lowest BCUT2D eigenvalue weighted by molar-refractivity contribution is 0.365. The van der Waals surface area contributed by atoms with Gasteiger partial charge in [-0.15, -0.1) is 0 Å². The van der Waals surface area contributed by atoms with Crippen molar-refractivity contribution in [2.24, 2.45) is 0 Å². The van der Waals surface area contributed by atoms with Gasteiger partial charge in [0.25, 0.3) is 0 Å². The molecule has 0 fully saturated rings. The molecule has 2 heterocycles. The number of imidazole rings is 1. The van der Waals surface area contributed by atoms with Crippen molar-refractivity contribution in [3.05, 3.63) is 61.4 Å². The van der Waals surface area contributed by atoms with Crippen LogP contribution in [0.1, 0.15) is 0 Å². The number of nitrogen functional groups attached to an aromatic ring is 1. The summed E-state index contributed by atoms with van der Waals surface area (Å²) in [5, 5.41) is 0. The molecule has 20 heavy (non-hydrogen) atoms. The second kappa shape index (κ2) is 5.09. The zero-order valence-corrected chi connectivity index (χ0v) is 11.0. The Bertz CT molecular complexity index is 744. The Kier molecular flexibility index (Phi) is 3.13. The highest BCUT2D eigenvalue weighted by atomic mass is 16.5. The Morgan fingerprint density at radius 1 is 1.25 bits per heavy atom. The Balaban J connectivity index is 2.05. The molecule has 2 aromatic heterocycles. The topological polar surface area (TPSA) is 52.5 Å². The summed E-state index contributed by atoms with van der Waals surface area (Å²) < 4.78 is 7.56. The number of nitrogens with two attached hydrogens (primary N) is 1. The zero-order valence-electron chi connectivity index (χ0n) is 11.0. The van der Waals surface area contributed by atoms with Crippen molar-refractivity contribution in [3.8, 4) is 17.0 Å². The summed E-state index contributed by atoms with van der Waals surface area (Å²) in [5.41, 5.74) is 9.15. The van der Waals surface area contributed by atoms with Crippen molar-refractivity contribution in [1.29, 1.82) is 0 Å². The lowest BCUT2D eigenvalue weighted by atomic mass is 10.1. The molecule has 0 spiro atoms. The van der Waals surface area contributed by atoms with Gasteiger partial charge in [-0.2, -0.15) is 0 Å². The molecule has 4 heteroatoms. The standard InChI is InChI=1S/C16H15N3O/c1-2-10-20-15-4-3-9-19-11-14(18-16(15)19)12-5-7-13(17)8-6-12/h2-9,11H,1,10,17H2. The number of fused-ring (bicyclic) bond motifs is 1. The van der Waals surface area contributed by atoms with Gasteiger partial charge in [0.15, 0.2) is 11.4 Å². The molecule has 0 bridgehead atoms. The van der Waals surface area contributed by atoms with Crippen LogP contribution in [0.5, 0.6) is 5.75 Å². The normalized spacial score (nSPS) is 10.6. The highest BCUT2D eigenvalue weighted by molar-refractivity contribution is 5.67. The molecule has 0 atom stereocenters. The number of hydrogen-bond donors (Lipinski definition) is 1. The molecule has 3 aromatic rings. The van der Waals surface area contributed by atoms with E-state index in [2.05, 4.69) is 11.6 Å². The first-order valence-electron chi connectivity index (χ1n) is 6.35. The molecule has 100 valence electrons. The Morgan fingerprint density at radius 3 is 2.80 bits per heavy atom. The second-order valence-electron chi connectivity index (χ2n) is 4.45. The first-order valence-corrected chi connectivity index (χ1v) is 6.35. The lowest BCUT2D eigenvalue weighted by Gasteiger charge is -2.03. The fourth-order valence-electron chi connectivity index (χ4n) is 2.04. The first-order chi connectivity index (χ1) is 9.78. The molecular formula is C16H15N3O. The first kappa shape index (κ1) is 12.3. The fraction of sp³-hybridized carbons (Fsp3) is 0.0625. The number of anilines is 1. The third-order valence-electron chi connectivity index (χ3n) is 3.01. The van der Waals surface area contributed by atoms with E-state index in [-0.39, 0.29) is 0 Å². The average Bonchev–Trinajstić information content (AvgIpc) is 2.90. The summed E-state index contributed by atoms with van der Waals surface area (Å²) in [6, 6.07) is 11.5. The summed E-state index contributed by atoms with van der Waals surface area (Å²) in [4.78, 5) is 4.63. The minimum Gasteiger partial charge on any atom is -0.486 e. The maximum absolute atomic E-state index is 5.70. The summed E-state index contributed by atoms with van der Waals surface area (Å²) in [6.45, 7) is 4.11. The van der Waals surface area contributed by atoms with E-state index in [1.807, 2.05) is 53.2 Å².